The molecule has 18 heavy (non-hydrogen) atoms. The summed E-state index contributed by atoms with van der Waals surface area (Å²) in [5.74, 6) is -1.07. The summed E-state index contributed by atoms with van der Waals surface area (Å²) < 4.78 is 0. The third-order valence-electron chi connectivity index (χ3n) is 1.97. The molecule has 1 heterocycles. The molecule has 0 aliphatic rings. The van der Waals surface area contributed by atoms with Crippen LogP contribution in [0.25, 0.3) is 0 Å². The van der Waals surface area contributed by atoms with Gasteiger partial charge in [0, 0.05) is 25.4 Å². The van der Waals surface area contributed by atoms with Crippen molar-refractivity contribution in [2.75, 3.05) is 18.4 Å². The number of aliphatic carboxylic acids is 1. The Morgan fingerprint density at radius 3 is 2.94 bits per heavy atom. The molecular weight excluding hydrogens is 254 g/mol. The number of anilines is 1. The molecule has 1 rings (SSSR count). The number of carbonyl (C=O) groups is 2. The van der Waals surface area contributed by atoms with Crippen molar-refractivity contribution in [1.29, 1.82) is 0 Å². The molecule has 0 unspecified atom stereocenters. The molecule has 0 saturated heterocycles. The van der Waals surface area contributed by atoms with E-state index in [4.69, 9.17) is 5.11 Å². The lowest BCUT2D eigenvalue weighted by molar-refractivity contribution is -0.138. The van der Waals surface area contributed by atoms with E-state index in [0.29, 0.717) is 18.2 Å². The first kappa shape index (κ1) is 14.3. The lowest BCUT2D eigenvalue weighted by Gasteiger charge is -2.16. The fourth-order valence-electron chi connectivity index (χ4n) is 1.38. The first-order valence-corrected chi connectivity index (χ1v) is 6.16. The monoisotopic (exact) mass is 269 g/mol. The Hall–Kier alpha value is -1.73. The van der Waals surface area contributed by atoms with Gasteiger partial charge in [0.15, 0.2) is 5.13 Å². The Bertz CT molecular complexity index is 444. The van der Waals surface area contributed by atoms with E-state index in [1.165, 1.54) is 18.3 Å². The van der Waals surface area contributed by atoms with Crippen LogP contribution in [0.5, 0.6) is 0 Å². The van der Waals surface area contributed by atoms with Crippen LogP contribution in [0.15, 0.2) is 18.0 Å². The zero-order chi connectivity index (χ0) is 13.5. The van der Waals surface area contributed by atoms with Gasteiger partial charge in [0.05, 0.1) is 12.2 Å². The Kier molecular flexibility index (Phi) is 5.47. The molecule has 0 fully saturated rings. The van der Waals surface area contributed by atoms with E-state index in [-0.39, 0.29) is 12.5 Å². The summed E-state index contributed by atoms with van der Waals surface area (Å²) in [6.07, 6.45) is 1.64. The average molecular weight is 269 g/mol. The van der Waals surface area contributed by atoms with Crippen LogP contribution >= 0.6 is 11.3 Å². The number of thiazole rings is 1. The van der Waals surface area contributed by atoms with Gasteiger partial charge < -0.3 is 10.4 Å². The molecule has 0 aliphatic heterocycles. The van der Waals surface area contributed by atoms with Crippen LogP contribution in [-0.4, -0.2) is 40.0 Å². The van der Waals surface area contributed by atoms with Gasteiger partial charge in [-0.3, -0.25) is 14.5 Å². The molecule has 6 nitrogen and oxygen atoms in total. The molecule has 1 aromatic heterocycles. The Labute approximate surface area is 109 Å². The largest absolute Gasteiger partial charge is 0.480 e. The van der Waals surface area contributed by atoms with Crippen LogP contribution in [0, 0.1) is 0 Å². The van der Waals surface area contributed by atoms with E-state index >= 15 is 0 Å². The molecular formula is C11H15N3O3S. The van der Waals surface area contributed by atoms with Gasteiger partial charge >= 0.3 is 5.97 Å². The molecule has 0 aliphatic carbocycles. The van der Waals surface area contributed by atoms with Gasteiger partial charge in [-0.2, -0.15) is 0 Å². The second-order valence-corrected chi connectivity index (χ2v) is 4.54. The number of carbonyl (C=O) groups excluding carboxylic acids is 1. The summed E-state index contributed by atoms with van der Waals surface area (Å²) >= 11 is 1.31. The summed E-state index contributed by atoms with van der Waals surface area (Å²) in [5, 5.41) is 13.7. The Morgan fingerprint density at radius 2 is 2.39 bits per heavy atom. The maximum absolute atomic E-state index is 10.8. The minimum Gasteiger partial charge on any atom is -0.480 e. The summed E-state index contributed by atoms with van der Waals surface area (Å²) in [6.45, 7) is 5.81. The minimum absolute atomic E-state index is 0.0704. The normalized spacial score (nSPS) is 10.3. The number of nitrogens with one attached hydrogen (secondary N) is 1. The molecule has 1 aromatic rings. The van der Waals surface area contributed by atoms with Gasteiger partial charge in [-0.1, -0.05) is 6.08 Å². The third kappa shape index (κ3) is 5.07. The topological polar surface area (TPSA) is 82.5 Å². The van der Waals surface area contributed by atoms with Gasteiger partial charge in [-0.05, 0) is 0 Å². The molecule has 2 N–H and O–H groups in total. The van der Waals surface area contributed by atoms with E-state index < -0.39 is 5.97 Å². The van der Waals surface area contributed by atoms with Crippen molar-refractivity contribution < 1.29 is 14.7 Å². The zero-order valence-corrected chi connectivity index (χ0v) is 10.9. The molecule has 0 saturated carbocycles. The second kappa shape index (κ2) is 6.87. The summed E-state index contributed by atoms with van der Waals surface area (Å²) in [4.78, 5) is 27.4. The highest BCUT2D eigenvalue weighted by atomic mass is 32.1. The van der Waals surface area contributed by atoms with E-state index in [1.807, 2.05) is 0 Å². The fraction of sp³-hybridized carbons (Fsp3) is 0.364. The van der Waals surface area contributed by atoms with Crippen LogP contribution in [0.3, 0.4) is 0 Å². The maximum Gasteiger partial charge on any atom is 0.317 e. The van der Waals surface area contributed by atoms with Crippen LogP contribution in [0.2, 0.25) is 0 Å². The number of aromatic nitrogens is 1. The van der Waals surface area contributed by atoms with Crippen LogP contribution in [0.4, 0.5) is 5.13 Å². The molecule has 0 bridgehead atoms. The van der Waals surface area contributed by atoms with Crippen LogP contribution in [0.1, 0.15) is 12.6 Å². The zero-order valence-electron chi connectivity index (χ0n) is 10.0. The summed E-state index contributed by atoms with van der Waals surface area (Å²) in [7, 11) is 0. The standard InChI is InChI=1S/C11H15N3O3S/c1-3-4-14(6-10(16)17)5-9-7-18-11(13-9)12-8(2)15/h3,7H,1,4-6H2,2H3,(H,16,17)(H,12,13,15). The number of nitrogens with zero attached hydrogens (tertiary/aromatic N) is 2. The highest BCUT2D eigenvalue weighted by molar-refractivity contribution is 7.13. The SMILES string of the molecule is C=CCN(CC(=O)O)Cc1csc(NC(C)=O)n1. The van der Waals surface area contributed by atoms with Crippen molar-refractivity contribution in [3.8, 4) is 0 Å². The predicted molar refractivity (Wildman–Crippen MR) is 69.5 cm³/mol. The van der Waals surface area contributed by atoms with E-state index in [1.54, 1.807) is 16.4 Å². The van der Waals surface area contributed by atoms with Gasteiger partial charge in [0.1, 0.15) is 0 Å². The number of amides is 1. The molecule has 7 heteroatoms. The molecule has 1 amide bonds. The fourth-order valence-corrected chi connectivity index (χ4v) is 2.12. The van der Waals surface area contributed by atoms with E-state index in [2.05, 4.69) is 16.9 Å². The van der Waals surface area contributed by atoms with Crippen molar-refractivity contribution in [2.24, 2.45) is 0 Å². The van der Waals surface area contributed by atoms with Crippen molar-refractivity contribution in [1.82, 2.24) is 9.88 Å². The van der Waals surface area contributed by atoms with Crippen LogP contribution < -0.4 is 5.32 Å². The predicted octanol–water partition coefficient (Wildman–Crippen LogP) is 1.17. The highest BCUT2D eigenvalue weighted by Crippen LogP contribution is 2.16. The van der Waals surface area contributed by atoms with E-state index in [9.17, 15) is 9.59 Å². The summed E-state index contributed by atoms with van der Waals surface area (Å²) in [6, 6.07) is 0. The van der Waals surface area contributed by atoms with E-state index in [0.717, 1.165) is 5.69 Å². The van der Waals surface area contributed by atoms with Gasteiger partial charge in [0.2, 0.25) is 5.91 Å². The number of hydrogen-bond acceptors (Lipinski definition) is 5. The van der Waals surface area contributed by atoms with Crippen LogP contribution in [-0.2, 0) is 16.1 Å². The first-order chi connectivity index (χ1) is 8.51. The number of carboxylic acids is 1. The van der Waals surface area contributed by atoms with Crippen molar-refractivity contribution in [2.45, 2.75) is 13.5 Å². The highest BCUT2D eigenvalue weighted by Gasteiger charge is 2.11. The van der Waals surface area contributed by atoms with Gasteiger partial charge in [-0.15, -0.1) is 17.9 Å². The quantitative estimate of drug-likeness (QED) is 0.726. The van der Waals surface area contributed by atoms with Gasteiger partial charge in [0.25, 0.3) is 0 Å². The third-order valence-corrected chi connectivity index (χ3v) is 2.77. The lowest BCUT2D eigenvalue weighted by Crippen LogP contribution is -2.29. The average Bonchev–Trinajstić information content (AvgIpc) is 2.63. The second-order valence-electron chi connectivity index (χ2n) is 3.68. The number of hydrogen-bond donors (Lipinski definition) is 2. The summed E-state index contributed by atoms with van der Waals surface area (Å²) in [5.41, 5.74) is 0.729. The lowest BCUT2D eigenvalue weighted by atomic mass is 10.4. The molecule has 0 radical (unpaired) electrons. The Balaban J connectivity index is 2.62. The molecule has 0 aromatic carbocycles. The maximum atomic E-state index is 10.8. The van der Waals surface area contributed by atoms with Gasteiger partial charge in [-0.25, -0.2) is 4.98 Å². The minimum atomic E-state index is -0.894. The molecule has 98 valence electrons. The smallest absolute Gasteiger partial charge is 0.317 e. The van der Waals surface area contributed by atoms with Crippen molar-refractivity contribution in [3.05, 3.63) is 23.7 Å². The number of rotatable bonds is 7. The number of carboxylic acid groups (broad SMARTS) is 1. The Morgan fingerprint density at radius 1 is 1.67 bits per heavy atom. The van der Waals surface area contributed by atoms with Crippen molar-refractivity contribution >= 4 is 28.3 Å². The molecule has 0 spiro atoms. The first-order valence-electron chi connectivity index (χ1n) is 5.28. The van der Waals surface area contributed by atoms with Crippen molar-refractivity contribution in [3.63, 3.8) is 0 Å². The molecule has 0 atom stereocenters.